The molecule has 132 valence electrons. The van der Waals surface area contributed by atoms with E-state index in [1.807, 2.05) is 41.2 Å². The first-order valence-electron chi connectivity index (χ1n) is 8.42. The van der Waals surface area contributed by atoms with Gasteiger partial charge in [0.25, 0.3) is 0 Å². The first kappa shape index (κ1) is 16.7. The molecular formula is C19H20N6S. The summed E-state index contributed by atoms with van der Waals surface area (Å²) in [5, 5.41) is 11.0. The molecule has 26 heavy (non-hydrogen) atoms. The van der Waals surface area contributed by atoms with Crippen LogP contribution in [0.1, 0.15) is 10.9 Å². The number of rotatable bonds is 6. The quantitative estimate of drug-likeness (QED) is 0.567. The Morgan fingerprint density at radius 1 is 1.12 bits per heavy atom. The molecule has 4 aromatic rings. The summed E-state index contributed by atoms with van der Waals surface area (Å²) in [6, 6.07) is 14.5. The Hall–Kier alpha value is -2.77. The van der Waals surface area contributed by atoms with Gasteiger partial charge < -0.3 is 10.2 Å². The summed E-state index contributed by atoms with van der Waals surface area (Å²) in [6.07, 6.45) is 3.40. The molecule has 3 heterocycles. The number of benzene rings is 1. The molecule has 0 saturated carbocycles. The highest BCUT2D eigenvalue weighted by Gasteiger charge is 2.17. The highest BCUT2D eigenvalue weighted by molar-refractivity contribution is 7.10. The SMILES string of the molecule is CN(C)[C@@H](CNc1ncnc2c1cnn2-c1ccccc1)c1cccs1. The van der Waals surface area contributed by atoms with Crippen LogP contribution in [0.5, 0.6) is 0 Å². The number of hydrogen-bond acceptors (Lipinski definition) is 6. The largest absolute Gasteiger partial charge is 0.367 e. The highest BCUT2D eigenvalue weighted by atomic mass is 32.1. The Labute approximate surface area is 156 Å². The molecule has 0 unspecified atom stereocenters. The summed E-state index contributed by atoms with van der Waals surface area (Å²) >= 11 is 1.77. The van der Waals surface area contributed by atoms with Crippen LogP contribution in [-0.4, -0.2) is 45.3 Å². The van der Waals surface area contributed by atoms with Crippen molar-refractivity contribution in [3.05, 3.63) is 65.2 Å². The van der Waals surface area contributed by atoms with E-state index in [9.17, 15) is 0 Å². The number of nitrogens with zero attached hydrogens (tertiary/aromatic N) is 5. The molecule has 0 bridgehead atoms. The number of hydrogen-bond donors (Lipinski definition) is 1. The van der Waals surface area contributed by atoms with Crippen molar-refractivity contribution in [2.45, 2.75) is 6.04 Å². The van der Waals surface area contributed by atoms with Gasteiger partial charge in [-0.2, -0.15) is 5.10 Å². The molecule has 1 N–H and O–H groups in total. The van der Waals surface area contributed by atoms with Crippen molar-refractivity contribution in [1.82, 2.24) is 24.6 Å². The number of para-hydroxylation sites is 1. The predicted octanol–water partition coefficient (Wildman–Crippen LogP) is 3.59. The Bertz CT molecular complexity index is 978. The molecule has 4 rings (SSSR count). The van der Waals surface area contributed by atoms with Crippen molar-refractivity contribution in [3.63, 3.8) is 0 Å². The van der Waals surface area contributed by atoms with Crippen LogP contribution in [0.4, 0.5) is 5.82 Å². The average Bonchev–Trinajstić information content (AvgIpc) is 3.32. The van der Waals surface area contributed by atoms with Gasteiger partial charge in [-0.25, -0.2) is 14.6 Å². The second-order valence-electron chi connectivity index (χ2n) is 6.23. The van der Waals surface area contributed by atoms with Crippen LogP contribution in [0.2, 0.25) is 0 Å². The zero-order chi connectivity index (χ0) is 17.9. The van der Waals surface area contributed by atoms with Crippen LogP contribution in [0.25, 0.3) is 16.7 Å². The van der Waals surface area contributed by atoms with Gasteiger partial charge in [0.1, 0.15) is 12.1 Å². The zero-order valence-corrected chi connectivity index (χ0v) is 15.5. The summed E-state index contributed by atoms with van der Waals surface area (Å²) in [4.78, 5) is 12.4. The van der Waals surface area contributed by atoms with E-state index in [0.29, 0.717) is 0 Å². The zero-order valence-electron chi connectivity index (χ0n) is 14.7. The van der Waals surface area contributed by atoms with Crippen molar-refractivity contribution >= 4 is 28.2 Å². The van der Waals surface area contributed by atoms with Gasteiger partial charge in [-0.1, -0.05) is 24.3 Å². The number of nitrogens with one attached hydrogen (secondary N) is 1. The van der Waals surface area contributed by atoms with Crippen LogP contribution < -0.4 is 5.32 Å². The first-order valence-corrected chi connectivity index (χ1v) is 9.30. The molecule has 1 aromatic carbocycles. The normalized spacial score (nSPS) is 12.6. The fourth-order valence-corrected chi connectivity index (χ4v) is 3.88. The second-order valence-corrected chi connectivity index (χ2v) is 7.21. The minimum absolute atomic E-state index is 0.282. The van der Waals surface area contributed by atoms with Crippen LogP contribution >= 0.6 is 11.3 Å². The van der Waals surface area contributed by atoms with Crippen LogP contribution in [0.3, 0.4) is 0 Å². The molecule has 6 nitrogen and oxygen atoms in total. The molecule has 0 saturated heterocycles. The molecule has 7 heteroatoms. The van der Waals surface area contributed by atoms with Crippen LogP contribution in [0, 0.1) is 0 Å². The van der Waals surface area contributed by atoms with Crippen molar-refractivity contribution < 1.29 is 0 Å². The molecule has 0 spiro atoms. The summed E-state index contributed by atoms with van der Waals surface area (Å²) in [5.74, 6) is 0.806. The summed E-state index contributed by atoms with van der Waals surface area (Å²) in [6.45, 7) is 0.760. The van der Waals surface area contributed by atoms with E-state index in [-0.39, 0.29) is 6.04 Å². The lowest BCUT2D eigenvalue weighted by Crippen LogP contribution is -2.26. The molecular weight excluding hydrogens is 344 g/mol. The Kier molecular flexibility index (Phi) is 4.64. The van der Waals surface area contributed by atoms with Crippen molar-refractivity contribution in [3.8, 4) is 5.69 Å². The minimum atomic E-state index is 0.282. The van der Waals surface area contributed by atoms with E-state index in [4.69, 9.17) is 0 Å². The maximum atomic E-state index is 4.50. The van der Waals surface area contributed by atoms with E-state index in [0.717, 1.165) is 29.1 Å². The molecule has 3 aromatic heterocycles. The van der Waals surface area contributed by atoms with E-state index in [1.165, 1.54) is 4.88 Å². The smallest absolute Gasteiger partial charge is 0.168 e. The average molecular weight is 364 g/mol. The third-order valence-electron chi connectivity index (χ3n) is 4.32. The Morgan fingerprint density at radius 3 is 2.69 bits per heavy atom. The van der Waals surface area contributed by atoms with E-state index in [1.54, 1.807) is 17.7 Å². The number of aromatic nitrogens is 4. The van der Waals surface area contributed by atoms with Crippen molar-refractivity contribution in [1.29, 1.82) is 0 Å². The molecule has 0 amide bonds. The lowest BCUT2D eigenvalue weighted by molar-refractivity contribution is 0.316. The Balaban J connectivity index is 1.62. The summed E-state index contributed by atoms with van der Waals surface area (Å²) in [5.41, 5.74) is 1.78. The molecule has 1 atom stereocenters. The second kappa shape index (κ2) is 7.23. The summed E-state index contributed by atoms with van der Waals surface area (Å²) < 4.78 is 1.84. The molecule has 0 aliphatic heterocycles. The third kappa shape index (κ3) is 3.18. The maximum absolute atomic E-state index is 4.50. The maximum Gasteiger partial charge on any atom is 0.168 e. The van der Waals surface area contributed by atoms with Crippen LogP contribution in [0.15, 0.2) is 60.4 Å². The third-order valence-corrected chi connectivity index (χ3v) is 5.30. The molecule has 0 fully saturated rings. The lowest BCUT2D eigenvalue weighted by Gasteiger charge is -2.23. The molecule has 0 radical (unpaired) electrons. The topological polar surface area (TPSA) is 58.9 Å². The van der Waals surface area contributed by atoms with Gasteiger partial charge in [0.2, 0.25) is 0 Å². The number of fused-ring (bicyclic) bond motifs is 1. The van der Waals surface area contributed by atoms with Gasteiger partial charge in [0.15, 0.2) is 5.65 Å². The predicted molar refractivity (Wildman–Crippen MR) is 106 cm³/mol. The number of likely N-dealkylation sites (N-methyl/N-ethyl adjacent to an activating group) is 1. The van der Waals surface area contributed by atoms with Crippen molar-refractivity contribution in [2.75, 3.05) is 26.0 Å². The first-order chi connectivity index (χ1) is 12.7. The highest BCUT2D eigenvalue weighted by Crippen LogP contribution is 2.26. The molecule has 0 aliphatic carbocycles. The van der Waals surface area contributed by atoms with Crippen LogP contribution in [-0.2, 0) is 0 Å². The fourth-order valence-electron chi connectivity index (χ4n) is 2.95. The fraction of sp³-hybridized carbons (Fsp3) is 0.211. The number of thiophene rings is 1. The lowest BCUT2D eigenvalue weighted by atomic mass is 10.2. The van der Waals surface area contributed by atoms with Gasteiger partial charge in [0.05, 0.1) is 23.3 Å². The minimum Gasteiger partial charge on any atom is -0.367 e. The number of anilines is 1. The van der Waals surface area contributed by atoms with Gasteiger partial charge in [-0.15, -0.1) is 11.3 Å². The Morgan fingerprint density at radius 2 is 1.96 bits per heavy atom. The summed E-state index contributed by atoms with van der Waals surface area (Å²) in [7, 11) is 4.18. The van der Waals surface area contributed by atoms with E-state index < -0.39 is 0 Å². The monoisotopic (exact) mass is 364 g/mol. The van der Waals surface area contributed by atoms with E-state index >= 15 is 0 Å². The van der Waals surface area contributed by atoms with Crippen molar-refractivity contribution in [2.24, 2.45) is 0 Å². The van der Waals surface area contributed by atoms with E-state index in [2.05, 4.69) is 56.9 Å². The van der Waals surface area contributed by atoms with Gasteiger partial charge >= 0.3 is 0 Å². The van der Waals surface area contributed by atoms with Gasteiger partial charge in [-0.05, 0) is 37.7 Å². The molecule has 0 aliphatic rings. The standard InChI is InChI=1S/C19H20N6S/c1-24(2)16(17-9-6-10-26-17)12-20-18-15-11-23-25(19(15)22-13-21-18)14-7-4-3-5-8-14/h3-11,13,16H,12H2,1-2H3,(H,20,21,22)/t16-/m0/s1. The van der Waals surface area contributed by atoms with Gasteiger partial charge in [0, 0.05) is 11.4 Å². The van der Waals surface area contributed by atoms with Gasteiger partial charge in [-0.3, -0.25) is 0 Å².